The van der Waals surface area contributed by atoms with Gasteiger partial charge in [-0.05, 0) is 30.6 Å². The van der Waals surface area contributed by atoms with E-state index in [0.717, 1.165) is 0 Å². The van der Waals surface area contributed by atoms with Crippen molar-refractivity contribution in [3.63, 3.8) is 0 Å². The molecule has 3 nitrogen and oxygen atoms in total. The zero-order chi connectivity index (χ0) is 9.92. The molecule has 0 aromatic carbocycles. The SMILES string of the molecule is CC(C)[C@H]1COC(=O)N1[C@@H]1CC12CC2. The Labute approximate surface area is 84.4 Å². The fourth-order valence-corrected chi connectivity index (χ4v) is 2.74. The number of hydrogen-bond acceptors (Lipinski definition) is 2. The summed E-state index contributed by atoms with van der Waals surface area (Å²) in [6.45, 7) is 4.94. The lowest BCUT2D eigenvalue weighted by Crippen LogP contribution is -2.39. The minimum atomic E-state index is -0.0718. The molecule has 78 valence electrons. The molecule has 1 saturated heterocycles. The quantitative estimate of drug-likeness (QED) is 0.674. The first-order valence-electron chi connectivity index (χ1n) is 5.59. The third kappa shape index (κ3) is 1.01. The Balaban J connectivity index is 1.78. The van der Waals surface area contributed by atoms with Crippen LogP contribution in [0.25, 0.3) is 0 Å². The van der Waals surface area contributed by atoms with Crippen LogP contribution in [-0.4, -0.2) is 29.7 Å². The maximum Gasteiger partial charge on any atom is 0.410 e. The molecule has 2 atom stereocenters. The van der Waals surface area contributed by atoms with Crippen LogP contribution in [0.2, 0.25) is 0 Å². The number of amides is 1. The summed E-state index contributed by atoms with van der Waals surface area (Å²) in [5.74, 6) is 0.512. The van der Waals surface area contributed by atoms with Crippen molar-refractivity contribution in [1.29, 1.82) is 0 Å². The van der Waals surface area contributed by atoms with Gasteiger partial charge in [0.2, 0.25) is 0 Å². The number of nitrogens with zero attached hydrogens (tertiary/aromatic N) is 1. The molecule has 0 bridgehead atoms. The second kappa shape index (κ2) is 2.44. The van der Waals surface area contributed by atoms with Gasteiger partial charge < -0.3 is 4.74 Å². The number of cyclic esters (lactones) is 1. The summed E-state index contributed by atoms with van der Waals surface area (Å²) >= 11 is 0. The maximum atomic E-state index is 11.6. The van der Waals surface area contributed by atoms with Crippen molar-refractivity contribution >= 4 is 6.09 Å². The minimum absolute atomic E-state index is 0.0718. The van der Waals surface area contributed by atoms with E-state index in [9.17, 15) is 4.79 Å². The van der Waals surface area contributed by atoms with Crippen LogP contribution in [0.3, 0.4) is 0 Å². The Morgan fingerprint density at radius 2 is 2.21 bits per heavy atom. The third-order valence-electron chi connectivity index (χ3n) is 4.09. The first kappa shape index (κ1) is 8.57. The van der Waals surface area contributed by atoms with Gasteiger partial charge in [-0.1, -0.05) is 13.8 Å². The molecule has 1 aliphatic heterocycles. The molecule has 1 heterocycles. The lowest BCUT2D eigenvalue weighted by atomic mass is 10.0. The molecule has 3 fully saturated rings. The Morgan fingerprint density at radius 1 is 1.50 bits per heavy atom. The van der Waals surface area contributed by atoms with Gasteiger partial charge >= 0.3 is 6.09 Å². The molecule has 0 radical (unpaired) electrons. The number of rotatable bonds is 2. The summed E-state index contributed by atoms with van der Waals surface area (Å²) < 4.78 is 5.15. The summed E-state index contributed by atoms with van der Waals surface area (Å²) in [5, 5.41) is 0. The predicted molar refractivity (Wildman–Crippen MR) is 51.9 cm³/mol. The average molecular weight is 195 g/mol. The first-order chi connectivity index (χ1) is 6.64. The molecule has 1 spiro atoms. The molecule has 0 unspecified atom stereocenters. The fraction of sp³-hybridized carbons (Fsp3) is 0.909. The second-order valence-electron chi connectivity index (χ2n) is 5.38. The molecule has 3 aliphatic rings. The van der Waals surface area contributed by atoms with Gasteiger partial charge in [0.15, 0.2) is 0 Å². The lowest BCUT2D eigenvalue weighted by Gasteiger charge is -2.24. The van der Waals surface area contributed by atoms with Crippen LogP contribution in [0.5, 0.6) is 0 Å². The van der Waals surface area contributed by atoms with E-state index in [1.54, 1.807) is 0 Å². The minimum Gasteiger partial charge on any atom is -0.447 e. The van der Waals surface area contributed by atoms with Crippen LogP contribution in [0.1, 0.15) is 33.1 Å². The molecule has 0 N–H and O–H groups in total. The van der Waals surface area contributed by atoms with Gasteiger partial charge in [-0.3, -0.25) is 4.90 Å². The van der Waals surface area contributed by atoms with Crippen molar-refractivity contribution in [2.24, 2.45) is 11.3 Å². The van der Waals surface area contributed by atoms with Gasteiger partial charge in [0.1, 0.15) is 6.61 Å². The Hall–Kier alpha value is -0.730. The summed E-state index contributed by atoms with van der Waals surface area (Å²) in [4.78, 5) is 13.6. The smallest absolute Gasteiger partial charge is 0.410 e. The largest absolute Gasteiger partial charge is 0.447 e. The van der Waals surface area contributed by atoms with Crippen molar-refractivity contribution in [3.8, 4) is 0 Å². The van der Waals surface area contributed by atoms with Crippen LogP contribution in [0, 0.1) is 11.3 Å². The second-order valence-corrected chi connectivity index (χ2v) is 5.38. The van der Waals surface area contributed by atoms with Gasteiger partial charge in [-0.25, -0.2) is 4.79 Å². The Bertz CT molecular complexity index is 283. The van der Waals surface area contributed by atoms with Crippen LogP contribution in [0.4, 0.5) is 4.79 Å². The average Bonchev–Trinajstić information content (AvgIpc) is 3.01. The van der Waals surface area contributed by atoms with Crippen molar-refractivity contribution < 1.29 is 9.53 Å². The zero-order valence-corrected chi connectivity index (χ0v) is 8.82. The van der Waals surface area contributed by atoms with E-state index in [1.807, 2.05) is 4.90 Å². The molecule has 3 rings (SSSR count). The fourth-order valence-electron chi connectivity index (χ4n) is 2.74. The molecule has 0 aromatic heterocycles. The van der Waals surface area contributed by atoms with Gasteiger partial charge in [0.25, 0.3) is 0 Å². The molecule has 14 heavy (non-hydrogen) atoms. The topological polar surface area (TPSA) is 29.5 Å². The summed E-state index contributed by atoms with van der Waals surface area (Å²) in [5.41, 5.74) is 0.552. The van der Waals surface area contributed by atoms with Crippen LogP contribution >= 0.6 is 0 Å². The van der Waals surface area contributed by atoms with E-state index in [4.69, 9.17) is 4.74 Å². The molecule has 2 aliphatic carbocycles. The molecule has 1 amide bonds. The van der Waals surface area contributed by atoms with E-state index < -0.39 is 0 Å². The molecule has 2 saturated carbocycles. The van der Waals surface area contributed by atoms with E-state index in [2.05, 4.69) is 13.8 Å². The molecule has 0 aromatic rings. The van der Waals surface area contributed by atoms with E-state index in [1.165, 1.54) is 19.3 Å². The number of carbonyl (C=O) groups is 1. The van der Waals surface area contributed by atoms with Gasteiger partial charge in [-0.2, -0.15) is 0 Å². The van der Waals surface area contributed by atoms with Crippen molar-refractivity contribution in [1.82, 2.24) is 4.90 Å². The molecule has 3 heteroatoms. The normalized spacial score (nSPS) is 37.9. The third-order valence-corrected chi connectivity index (χ3v) is 4.09. The molecular weight excluding hydrogens is 178 g/mol. The monoisotopic (exact) mass is 195 g/mol. The standard InChI is InChI=1S/C11H17NO2/c1-7(2)8-6-14-10(13)12(8)9-5-11(9)3-4-11/h7-9H,3-6H2,1-2H3/t8-,9-/m1/s1. The van der Waals surface area contributed by atoms with Gasteiger partial charge in [0.05, 0.1) is 6.04 Å². The van der Waals surface area contributed by atoms with Crippen LogP contribution in [-0.2, 0) is 4.74 Å². The number of carbonyl (C=O) groups excluding carboxylic acids is 1. The highest BCUT2D eigenvalue weighted by atomic mass is 16.6. The summed E-state index contributed by atoms with van der Waals surface area (Å²) in [7, 11) is 0. The van der Waals surface area contributed by atoms with Crippen molar-refractivity contribution in [3.05, 3.63) is 0 Å². The highest BCUT2D eigenvalue weighted by Crippen LogP contribution is 2.68. The summed E-state index contributed by atoms with van der Waals surface area (Å²) in [6.07, 6.45) is 3.81. The number of ether oxygens (including phenoxy) is 1. The van der Waals surface area contributed by atoms with Crippen LogP contribution < -0.4 is 0 Å². The van der Waals surface area contributed by atoms with E-state index in [0.29, 0.717) is 30.0 Å². The lowest BCUT2D eigenvalue weighted by molar-refractivity contribution is 0.152. The highest BCUT2D eigenvalue weighted by Gasteiger charge is 2.67. The first-order valence-corrected chi connectivity index (χ1v) is 5.59. The Kier molecular flexibility index (Phi) is 1.49. The van der Waals surface area contributed by atoms with Crippen LogP contribution in [0.15, 0.2) is 0 Å². The zero-order valence-electron chi connectivity index (χ0n) is 8.82. The predicted octanol–water partition coefficient (Wildman–Crippen LogP) is 2.02. The van der Waals surface area contributed by atoms with E-state index in [-0.39, 0.29) is 6.09 Å². The van der Waals surface area contributed by atoms with Gasteiger partial charge in [-0.15, -0.1) is 0 Å². The van der Waals surface area contributed by atoms with E-state index >= 15 is 0 Å². The van der Waals surface area contributed by atoms with Crippen molar-refractivity contribution in [2.75, 3.05) is 6.61 Å². The number of hydrogen-bond donors (Lipinski definition) is 0. The van der Waals surface area contributed by atoms with Gasteiger partial charge in [0, 0.05) is 6.04 Å². The Morgan fingerprint density at radius 3 is 2.71 bits per heavy atom. The maximum absolute atomic E-state index is 11.6. The van der Waals surface area contributed by atoms with Crippen molar-refractivity contribution in [2.45, 2.75) is 45.2 Å². The highest BCUT2D eigenvalue weighted by molar-refractivity contribution is 5.71. The molecular formula is C11H17NO2. The summed E-state index contributed by atoms with van der Waals surface area (Å²) in [6, 6.07) is 0.845.